The van der Waals surface area contributed by atoms with Gasteiger partial charge in [-0.2, -0.15) is 0 Å². The summed E-state index contributed by atoms with van der Waals surface area (Å²) in [5, 5.41) is 4.96. The number of primary sulfonamides is 1. The smallest absolute Gasteiger partial charge is 0.238 e. The SMILES string of the molecule is CC(=O)N(C)Cc1ccc(S(N)(=O)=O)cc1. The van der Waals surface area contributed by atoms with Crippen molar-refractivity contribution < 1.29 is 13.2 Å². The number of sulfonamides is 1. The molecule has 1 rings (SSSR count). The first kappa shape index (κ1) is 12.7. The second-order valence-corrected chi connectivity index (χ2v) is 5.13. The molecule has 0 radical (unpaired) electrons. The van der Waals surface area contributed by atoms with E-state index in [9.17, 15) is 13.2 Å². The van der Waals surface area contributed by atoms with Gasteiger partial charge in [-0.15, -0.1) is 0 Å². The monoisotopic (exact) mass is 242 g/mol. The number of benzene rings is 1. The molecule has 0 aliphatic heterocycles. The normalized spacial score (nSPS) is 11.2. The molecule has 0 aliphatic rings. The maximum atomic E-state index is 11.0. The summed E-state index contributed by atoms with van der Waals surface area (Å²) in [6.45, 7) is 1.92. The first-order valence-corrected chi connectivity index (χ1v) is 6.19. The van der Waals surface area contributed by atoms with E-state index in [0.717, 1.165) is 5.56 Å². The van der Waals surface area contributed by atoms with Crippen molar-refractivity contribution in [2.24, 2.45) is 5.14 Å². The largest absolute Gasteiger partial charge is 0.342 e. The zero-order valence-electron chi connectivity index (χ0n) is 9.17. The van der Waals surface area contributed by atoms with Gasteiger partial charge in [-0.25, -0.2) is 13.6 Å². The number of carbonyl (C=O) groups excluding carboxylic acids is 1. The van der Waals surface area contributed by atoms with E-state index in [4.69, 9.17) is 5.14 Å². The van der Waals surface area contributed by atoms with Crippen LogP contribution in [0.2, 0.25) is 0 Å². The van der Waals surface area contributed by atoms with E-state index >= 15 is 0 Å². The molecule has 1 aromatic rings. The highest BCUT2D eigenvalue weighted by Gasteiger charge is 2.08. The van der Waals surface area contributed by atoms with E-state index in [1.165, 1.54) is 24.0 Å². The van der Waals surface area contributed by atoms with E-state index in [1.807, 2.05) is 0 Å². The van der Waals surface area contributed by atoms with Gasteiger partial charge in [0, 0.05) is 20.5 Å². The minimum Gasteiger partial charge on any atom is -0.342 e. The van der Waals surface area contributed by atoms with E-state index in [2.05, 4.69) is 0 Å². The lowest BCUT2D eigenvalue weighted by Crippen LogP contribution is -2.23. The number of hydrogen-bond donors (Lipinski definition) is 1. The van der Waals surface area contributed by atoms with E-state index in [1.54, 1.807) is 19.2 Å². The molecule has 16 heavy (non-hydrogen) atoms. The fraction of sp³-hybridized carbons (Fsp3) is 0.300. The Morgan fingerprint density at radius 3 is 2.19 bits per heavy atom. The average molecular weight is 242 g/mol. The molecule has 0 aliphatic carbocycles. The Morgan fingerprint density at radius 1 is 1.31 bits per heavy atom. The number of nitrogens with zero attached hydrogens (tertiary/aromatic N) is 1. The van der Waals surface area contributed by atoms with E-state index < -0.39 is 10.0 Å². The highest BCUT2D eigenvalue weighted by molar-refractivity contribution is 7.89. The molecule has 0 bridgehead atoms. The van der Waals surface area contributed by atoms with Gasteiger partial charge in [0.1, 0.15) is 0 Å². The summed E-state index contributed by atoms with van der Waals surface area (Å²) < 4.78 is 22.0. The predicted octanol–water partition coefficient (Wildman–Crippen LogP) is 0.312. The van der Waals surface area contributed by atoms with Gasteiger partial charge in [0.2, 0.25) is 15.9 Å². The van der Waals surface area contributed by atoms with Crippen LogP contribution in [0.25, 0.3) is 0 Å². The van der Waals surface area contributed by atoms with Crippen LogP contribution in [0.15, 0.2) is 29.2 Å². The molecule has 6 heteroatoms. The van der Waals surface area contributed by atoms with Crippen molar-refractivity contribution in [1.82, 2.24) is 4.90 Å². The van der Waals surface area contributed by atoms with Gasteiger partial charge in [-0.1, -0.05) is 12.1 Å². The Kier molecular flexibility index (Phi) is 3.66. The fourth-order valence-electron chi connectivity index (χ4n) is 1.17. The molecule has 1 amide bonds. The molecular weight excluding hydrogens is 228 g/mol. The second-order valence-electron chi connectivity index (χ2n) is 3.56. The van der Waals surface area contributed by atoms with Gasteiger partial charge in [-0.05, 0) is 17.7 Å². The molecule has 0 aromatic heterocycles. The summed E-state index contributed by atoms with van der Waals surface area (Å²) in [7, 11) is -1.97. The van der Waals surface area contributed by atoms with Crippen molar-refractivity contribution >= 4 is 15.9 Å². The minimum absolute atomic E-state index is 0.0458. The Balaban J connectivity index is 2.84. The molecule has 2 N–H and O–H groups in total. The van der Waals surface area contributed by atoms with Crippen molar-refractivity contribution in [3.63, 3.8) is 0 Å². The quantitative estimate of drug-likeness (QED) is 0.828. The maximum absolute atomic E-state index is 11.0. The van der Waals surface area contributed by atoms with Crippen LogP contribution in [-0.2, 0) is 21.4 Å². The van der Waals surface area contributed by atoms with Gasteiger partial charge in [-0.3, -0.25) is 4.79 Å². The van der Waals surface area contributed by atoms with E-state index in [-0.39, 0.29) is 10.8 Å². The second kappa shape index (κ2) is 4.63. The third-order valence-corrected chi connectivity index (χ3v) is 3.14. The Labute approximate surface area is 94.9 Å². The molecule has 0 heterocycles. The first-order valence-electron chi connectivity index (χ1n) is 4.64. The highest BCUT2D eigenvalue weighted by atomic mass is 32.2. The summed E-state index contributed by atoms with van der Waals surface area (Å²) in [5.41, 5.74) is 0.852. The van der Waals surface area contributed by atoms with Gasteiger partial charge >= 0.3 is 0 Å². The molecule has 1 aromatic carbocycles. The Bertz CT molecular complexity index is 479. The lowest BCUT2D eigenvalue weighted by atomic mass is 10.2. The van der Waals surface area contributed by atoms with Crippen LogP contribution in [0.4, 0.5) is 0 Å². The summed E-state index contributed by atoms with van der Waals surface area (Å²) in [4.78, 5) is 12.6. The molecule has 0 unspecified atom stereocenters. The van der Waals surface area contributed by atoms with Crippen LogP contribution < -0.4 is 5.14 Å². The number of hydrogen-bond acceptors (Lipinski definition) is 3. The van der Waals surface area contributed by atoms with Crippen molar-refractivity contribution in [2.45, 2.75) is 18.4 Å². The lowest BCUT2D eigenvalue weighted by molar-refractivity contribution is -0.128. The molecule has 0 saturated heterocycles. The minimum atomic E-state index is -3.64. The summed E-state index contributed by atoms with van der Waals surface area (Å²) in [6, 6.07) is 6.13. The van der Waals surface area contributed by atoms with Crippen LogP contribution >= 0.6 is 0 Å². The number of rotatable bonds is 3. The summed E-state index contributed by atoms with van der Waals surface area (Å²) in [6.07, 6.45) is 0. The zero-order valence-corrected chi connectivity index (χ0v) is 9.99. The highest BCUT2D eigenvalue weighted by Crippen LogP contribution is 2.10. The molecule has 5 nitrogen and oxygen atoms in total. The number of amides is 1. The van der Waals surface area contributed by atoms with Crippen LogP contribution in [0.5, 0.6) is 0 Å². The van der Waals surface area contributed by atoms with Crippen molar-refractivity contribution in [2.75, 3.05) is 7.05 Å². The summed E-state index contributed by atoms with van der Waals surface area (Å²) >= 11 is 0. The molecule has 0 saturated carbocycles. The van der Waals surface area contributed by atoms with Gasteiger partial charge in [0.25, 0.3) is 0 Å². The standard InChI is InChI=1S/C10H14N2O3S/c1-8(13)12(2)7-9-3-5-10(6-4-9)16(11,14)15/h3-6H,7H2,1-2H3,(H2,11,14,15). The molecule has 0 fully saturated rings. The maximum Gasteiger partial charge on any atom is 0.238 e. The van der Waals surface area contributed by atoms with Crippen LogP contribution in [0.3, 0.4) is 0 Å². The van der Waals surface area contributed by atoms with Crippen molar-refractivity contribution in [3.05, 3.63) is 29.8 Å². The Morgan fingerprint density at radius 2 is 1.81 bits per heavy atom. The third-order valence-electron chi connectivity index (χ3n) is 2.21. The van der Waals surface area contributed by atoms with Crippen molar-refractivity contribution in [3.8, 4) is 0 Å². The third kappa shape index (κ3) is 3.32. The topological polar surface area (TPSA) is 80.5 Å². The fourth-order valence-corrected chi connectivity index (χ4v) is 1.69. The predicted molar refractivity (Wildman–Crippen MR) is 60.0 cm³/mol. The summed E-state index contributed by atoms with van der Waals surface area (Å²) in [5.74, 6) is -0.0458. The number of carbonyl (C=O) groups is 1. The zero-order chi connectivity index (χ0) is 12.3. The van der Waals surface area contributed by atoms with Crippen LogP contribution in [0, 0.1) is 0 Å². The van der Waals surface area contributed by atoms with E-state index in [0.29, 0.717) is 6.54 Å². The first-order chi connectivity index (χ1) is 7.30. The average Bonchev–Trinajstić information content (AvgIpc) is 2.17. The Hall–Kier alpha value is -1.40. The van der Waals surface area contributed by atoms with Crippen LogP contribution in [-0.4, -0.2) is 26.3 Å². The van der Waals surface area contributed by atoms with Crippen LogP contribution in [0.1, 0.15) is 12.5 Å². The molecule has 0 spiro atoms. The van der Waals surface area contributed by atoms with Gasteiger partial charge in [0.15, 0.2) is 0 Å². The molecular formula is C10H14N2O3S. The molecule has 0 atom stereocenters. The lowest BCUT2D eigenvalue weighted by Gasteiger charge is -2.14. The van der Waals surface area contributed by atoms with Gasteiger partial charge in [0.05, 0.1) is 4.90 Å². The number of nitrogens with two attached hydrogens (primary N) is 1. The van der Waals surface area contributed by atoms with Gasteiger partial charge < -0.3 is 4.90 Å². The molecule has 88 valence electrons. The van der Waals surface area contributed by atoms with Crippen molar-refractivity contribution in [1.29, 1.82) is 0 Å².